The van der Waals surface area contributed by atoms with Crippen LogP contribution in [0.2, 0.25) is 0 Å². The molecule has 1 aliphatic heterocycles. The predicted molar refractivity (Wildman–Crippen MR) is 106 cm³/mol. The van der Waals surface area contributed by atoms with Gasteiger partial charge in [-0.05, 0) is 60.0 Å². The van der Waals surface area contributed by atoms with Crippen LogP contribution in [-0.2, 0) is 5.41 Å². The lowest BCUT2D eigenvalue weighted by molar-refractivity contribution is 0.121. The molecule has 2 aromatic carbocycles. The number of phenols is 1. The first-order valence-electron chi connectivity index (χ1n) is 9.23. The third-order valence-corrected chi connectivity index (χ3v) is 5.92. The summed E-state index contributed by atoms with van der Waals surface area (Å²) in [6.45, 7) is 10.0. The first-order valence-corrected chi connectivity index (χ1v) is 9.23. The van der Waals surface area contributed by atoms with E-state index in [0.29, 0.717) is 11.7 Å². The third kappa shape index (κ3) is 3.96. The Bertz CT molecular complexity index is 751. The van der Waals surface area contributed by atoms with Crippen molar-refractivity contribution in [2.75, 3.05) is 19.6 Å². The highest BCUT2D eigenvalue weighted by Gasteiger charge is 2.37. The Labute approximate surface area is 151 Å². The summed E-state index contributed by atoms with van der Waals surface area (Å²) in [6, 6.07) is 16.3. The monoisotopic (exact) mass is 335 g/mol. The molecule has 2 heteroatoms. The molecule has 1 fully saturated rings. The van der Waals surface area contributed by atoms with Crippen molar-refractivity contribution < 1.29 is 5.11 Å². The van der Waals surface area contributed by atoms with Gasteiger partial charge in [-0.2, -0.15) is 0 Å². The maximum absolute atomic E-state index is 9.82. The van der Waals surface area contributed by atoms with Crippen LogP contribution in [-0.4, -0.2) is 29.6 Å². The fraction of sp³-hybridized carbons (Fsp3) is 0.391. The largest absolute Gasteiger partial charge is 0.508 e. The maximum atomic E-state index is 9.82. The van der Waals surface area contributed by atoms with Crippen LogP contribution in [0, 0.1) is 12.8 Å². The number of hydrogen-bond acceptors (Lipinski definition) is 2. The first kappa shape index (κ1) is 17.8. The number of hydrogen-bond donors (Lipinski definition) is 1. The quantitative estimate of drug-likeness (QED) is 0.848. The predicted octanol–water partition coefficient (Wildman–Crippen LogP) is 5.01. The Balaban J connectivity index is 1.63. The van der Waals surface area contributed by atoms with Gasteiger partial charge in [-0.25, -0.2) is 0 Å². The van der Waals surface area contributed by atoms with Crippen LogP contribution < -0.4 is 0 Å². The zero-order valence-electron chi connectivity index (χ0n) is 15.6. The number of nitrogens with zero attached hydrogens (tertiary/aromatic N) is 1. The van der Waals surface area contributed by atoms with E-state index >= 15 is 0 Å². The molecule has 0 saturated carbocycles. The highest BCUT2D eigenvalue weighted by atomic mass is 16.3. The van der Waals surface area contributed by atoms with Gasteiger partial charge in [0.25, 0.3) is 0 Å². The minimum atomic E-state index is 0.134. The van der Waals surface area contributed by atoms with E-state index in [1.165, 1.54) is 16.7 Å². The van der Waals surface area contributed by atoms with E-state index in [1.54, 1.807) is 6.07 Å². The molecule has 1 aliphatic rings. The summed E-state index contributed by atoms with van der Waals surface area (Å²) >= 11 is 0. The summed E-state index contributed by atoms with van der Waals surface area (Å²) in [4.78, 5) is 2.53. The summed E-state index contributed by atoms with van der Waals surface area (Å²) < 4.78 is 0. The highest BCUT2D eigenvalue weighted by molar-refractivity contribution is 5.53. The molecular formula is C23H29NO. The van der Waals surface area contributed by atoms with E-state index in [-0.39, 0.29) is 5.41 Å². The average molecular weight is 335 g/mol. The molecule has 132 valence electrons. The number of phenolic OH excluding ortho intramolecular Hbond substituents is 1. The number of benzene rings is 2. The van der Waals surface area contributed by atoms with Crippen LogP contribution in [0.3, 0.4) is 0 Å². The normalized spacial score (nSPS) is 24.7. The van der Waals surface area contributed by atoms with Crippen molar-refractivity contribution in [1.29, 1.82) is 0 Å². The minimum absolute atomic E-state index is 0.134. The topological polar surface area (TPSA) is 23.5 Å². The molecule has 25 heavy (non-hydrogen) atoms. The molecule has 1 N–H and O–H groups in total. The Kier molecular flexibility index (Phi) is 5.29. The van der Waals surface area contributed by atoms with Gasteiger partial charge in [0.05, 0.1) is 0 Å². The van der Waals surface area contributed by atoms with Gasteiger partial charge in [0.1, 0.15) is 5.75 Å². The van der Waals surface area contributed by atoms with E-state index in [0.717, 1.165) is 26.1 Å². The Morgan fingerprint density at radius 2 is 2.00 bits per heavy atom. The molecule has 0 amide bonds. The van der Waals surface area contributed by atoms with Gasteiger partial charge >= 0.3 is 0 Å². The minimum Gasteiger partial charge on any atom is -0.508 e. The molecule has 0 unspecified atom stereocenters. The van der Waals surface area contributed by atoms with Crippen molar-refractivity contribution in [1.82, 2.24) is 4.90 Å². The molecule has 1 saturated heterocycles. The summed E-state index contributed by atoms with van der Waals surface area (Å²) in [6.07, 6.45) is 5.64. The molecule has 2 atom stereocenters. The molecular weight excluding hydrogens is 306 g/mol. The number of aryl methyl sites for hydroxylation is 1. The number of likely N-dealkylation sites (tertiary alicyclic amines) is 1. The van der Waals surface area contributed by atoms with Crippen molar-refractivity contribution in [2.24, 2.45) is 5.92 Å². The van der Waals surface area contributed by atoms with Crippen molar-refractivity contribution >= 4 is 6.08 Å². The summed E-state index contributed by atoms with van der Waals surface area (Å²) in [7, 11) is 0. The van der Waals surface area contributed by atoms with Crippen LogP contribution >= 0.6 is 0 Å². The van der Waals surface area contributed by atoms with Crippen molar-refractivity contribution in [2.45, 2.75) is 32.6 Å². The third-order valence-electron chi connectivity index (χ3n) is 5.92. The van der Waals surface area contributed by atoms with Crippen molar-refractivity contribution in [3.05, 3.63) is 71.3 Å². The van der Waals surface area contributed by atoms with Crippen LogP contribution in [0.5, 0.6) is 5.75 Å². The summed E-state index contributed by atoms with van der Waals surface area (Å²) in [5.41, 5.74) is 4.02. The van der Waals surface area contributed by atoms with Gasteiger partial charge in [-0.15, -0.1) is 0 Å². The smallest absolute Gasteiger partial charge is 0.115 e. The van der Waals surface area contributed by atoms with Gasteiger partial charge in [-0.1, -0.05) is 62.4 Å². The molecule has 2 nitrogen and oxygen atoms in total. The lowest BCUT2D eigenvalue weighted by Crippen LogP contribution is -2.47. The van der Waals surface area contributed by atoms with E-state index in [2.05, 4.69) is 68.2 Å². The lowest BCUT2D eigenvalue weighted by atomic mass is 9.68. The molecule has 3 rings (SSSR count). The van der Waals surface area contributed by atoms with E-state index < -0.39 is 0 Å². The maximum Gasteiger partial charge on any atom is 0.115 e. The van der Waals surface area contributed by atoms with Crippen LogP contribution in [0.25, 0.3) is 6.08 Å². The molecule has 0 bridgehead atoms. The lowest BCUT2D eigenvalue weighted by Gasteiger charge is -2.45. The van der Waals surface area contributed by atoms with Gasteiger partial charge in [-0.3, -0.25) is 4.90 Å². The summed E-state index contributed by atoms with van der Waals surface area (Å²) in [5, 5.41) is 9.82. The van der Waals surface area contributed by atoms with Gasteiger partial charge in [0.15, 0.2) is 0 Å². The molecule has 1 heterocycles. The van der Waals surface area contributed by atoms with Gasteiger partial charge in [0.2, 0.25) is 0 Å². The zero-order valence-corrected chi connectivity index (χ0v) is 15.6. The van der Waals surface area contributed by atoms with Crippen LogP contribution in [0.1, 0.15) is 37.0 Å². The number of piperidine rings is 1. The molecule has 0 spiro atoms. The SMILES string of the molecule is Cc1ccccc1/C=C/CN1CC[C@](C)(c2cccc(O)c2)[C@@H](C)C1. The second kappa shape index (κ2) is 7.45. The Hall–Kier alpha value is -2.06. The Morgan fingerprint density at radius 1 is 1.20 bits per heavy atom. The fourth-order valence-electron chi connectivity index (χ4n) is 3.88. The van der Waals surface area contributed by atoms with E-state index in [1.807, 2.05) is 12.1 Å². The number of rotatable bonds is 4. The van der Waals surface area contributed by atoms with E-state index in [4.69, 9.17) is 0 Å². The molecule has 0 aromatic heterocycles. The van der Waals surface area contributed by atoms with Crippen LogP contribution in [0.15, 0.2) is 54.6 Å². The van der Waals surface area contributed by atoms with E-state index in [9.17, 15) is 5.11 Å². The average Bonchev–Trinajstić information content (AvgIpc) is 2.60. The second-order valence-electron chi connectivity index (χ2n) is 7.64. The van der Waals surface area contributed by atoms with Crippen molar-refractivity contribution in [3.8, 4) is 5.75 Å². The van der Waals surface area contributed by atoms with Gasteiger partial charge < -0.3 is 5.11 Å². The number of aromatic hydroxyl groups is 1. The Morgan fingerprint density at radius 3 is 2.72 bits per heavy atom. The second-order valence-corrected chi connectivity index (χ2v) is 7.64. The zero-order chi connectivity index (χ0) is 17.9. The van der Waals surface area contributed by atoms with Crippen LogP contribution in [0.4, 0.5) is 0 Å². The molecule has 0 aliphatic carbocycles. The fourth-order valence-corrected chi connectivity index (χ4v) is 3.88. The molecule has 0 radical (unpaired) electrons. The summed E-state index contributed by atoms with van der Waals surface area (Å²) in [5.74, 6) is 0.921. The highest BCUT2D eigenvalue weighted by Crippen LogP contribution is 2.40. The standard InChI is InChI=1S/C23H29NO/c1-18-8-4-5-9-20(18)10-7-14-24-15-13-23(3,19(2)17-24)21-11-6-12-22(25)16-21/h4-12,16,19,25H,13-15,17H2,1-3H3/b10-7+/t19-,23-/m0/s1. The van der Waals surface area contributed by atoms with Gasteiger partial charge in [0, 0.05) is 13.1 Å². The van der Waals surface area contributed by atoms with Crippen molar-refractivity contribution in [3.63, 3.8) is 0 Å². The first-order chi connectivity index (χ1) is 12.0. The molecule has 2 aromatic rings.